The summed E-state index contributed by atoms with van der Waals surface area (Å²) < 4.78 is 0. The monoisotopic (exact) mass is 294 g/mol. The zero-order chi connectivity index (χ0) is 14.2. The summed E-state index contributed by atoms with van der Waals surface area (Å²) in [7, 11) is 2.05. The van der Waals surface area contributed by atoms with Gasteiger partial charge in [0.2, 0.25) is 0 Å². The average Bonchev–Trinajstić information content (AvgIpc) is 3.10. The van der Waals surface area contributed by atoms with Crippen LogP contribution in [0.4, 0.5) is 0 Å². The van der Waals surface area contributed by atoms with Crippen molar-refractivity contribution in [3.05, 3.63) is 63.6 Å². The van der Waals surface area contributed by atoms with Crippen molar-refractivity contribution in [1.82, 2.24) is 10.3 Å². The molecule has 1 aromatic carbocycles. The SMILES string of the molecule is CNC(c1cc2c(s1)CCC2)c1cccc2ccncc12. The smallest absolute Gasteiger partial charge is 0.0675 e. The average molecular weight is 294 g/mol. The Balaban J connectivity index is 1.84. The third-order valence-corrected chi connectivity index (χ3v) is 5.67. The third-order valence-electron chi connectivity index (χ3n) is 4.37. The molecule has 1 aliphatic carbocycles. The maximum Gasteiger partial charge on any atom is 0.0675 e. The van der Waals surface area contributed by atoms with Gasteiger partial charge in [-0.15, -0.1) is 11.3 Å². The molecular formula is C18H18N2S. The Morgan fingerprint density at radius 1 is 1.24 bits per heavy atom. The number of rotatable bonds is 3. The topological polar surface area (TPSA) is 24.9 Å². The molecule has 21 heavy (non-hydrogen) atoms. The normalized spacial score (nSPS) is 15.3. The first-order valence-corrected chi connectivity index (χ1v) is 8.30. The summed E-state index contributed by atoms with van der Waals surface area (Å²) in [6, 6.07) is 11.3. The van der Waals surface area contributed by atoms with Gasteiger partial charge in [-0.1, -0.05) is 18.2 Å². The summed E-state index contributed by atoms with van der Waals surface area (Å²) in [4.78, 5) is 7.33. The highest BCUT2D eigenvalue weighted by Gasteiger charge is 2.21. The number of benzene rings is 1. The minimum atomic E-state index is 0.258. The molecular weight excluding hydrogens is 276 g/mol. The fourth-order valence-electron chi connectivity index (χ4n) is 3.33. The van der Waals surface area contributed by atoms with E-state index >= 15 is 0 Å². The van der Waals surface area contributed by atoms with E-state index < -0.39 is 0 Å². The predicted octanol–water partition coefficient (Wildman–Crippen LogP) is 4.09. The molecule has 0 aliphatic heterocycles. The quantitative estimate of drug-likeness (QED) is 0.787. The van der Waals surface area contributed by atoms with Crippen LogP contribution < -0.4 is 5.32 Å². The fraction of sp³-hybridized carbons (Fsp3) is 0.278. The molecule has 1 atom stereocenters. The van der Waals surface area contributed by atoms with E-state index in [4.69, 9.17) is 0 Å². The van der Waals surface area contributed by atoms with Gasteiger partial charge in [0.05, 0.1) is 6.04 Å². The van der Waals surface area contributed by atoms with E-state index in [2.05, 4.69) is 40.6 Å². The van der Waals surface area contributed by atoms with Gasteiger partial charge >= 0.3 is 0 Å². The van der Waals surface area contributed by atoms with Crippen LogP contribution in [0, 0.1) is 0 Å². The summed E-state index contributed by atoms with van der Waals surface area (Å²) in [5, 5.41) is 6.00. The molecule has 4 rings (SSSR count). The molecule has 0 amide bonds. The summed E-state index contributed by atoms with van der Waals surface area (Å²) in [6.07, 6.45) is 7.67. The first-order chi connectivity index (χ1) is 10.4. The van der Waals surface area contributed by atoms with Gasteiger partial charge < -0.3 is 5.32 Å². The Morgan fingerprint density at radius 2 is 2.19 bits per heavy atom. The van der Waals surface area contributed by atoms with E-state index in [0.29, 0.717) is 0 Å². The highest BCUT2D eigenvalue weighted by molar-refractivity contribution is 7.12. The van der Waals surface area contributed by atoms with Gasteiger partial charge in [-0.3, -0.25) is 4.98 Å². The van der Waals surface area contributed by atoms with Crippen molar-refractivity contribution in [2.75, 3.05) is 7.05 Å². The van der Waals surface area contributed by atoms with Crippen molar-refractivity contribution in [1.29, 1.82) is 0 Å². The van der Waals surface area contributed by atoms with Crippen molar-refractivity contribution >= 4 is 22.1 Å². The van der Waals surface area contributed by atoms with Crippen LogP contribution in [-0.2, 0) is 12.8 Å². The second kappa shape index (κ2) is 5.24. The van der Waals surface area contributed by atoms with Crippen LogP contribution in [-0.4, -0.2) is 12.0 Å². The first kappa shape index (κ1) is 13.0. The van der Waals surface area contributed by atoms with Crippen LogP contribution in [0.3, 0.4) is 0 Å². The largest absolute Gasteiger partial charge is 0.309 e. The fourth-order valence-corrected chi connectivity index (χ4v) is 4.72. The van der Waals surface area contributed by atoms with Gasteiger partial charge in [0.1, 0.15) is 0 Å². The van der Waals surface area contributed by atoms with Crippen LogP contribution in [0.5, 0.6) is 0 Å². The molecule has 0 saturated carbocycles. The van der Waals surface area contributed by atoms with Crippen molar-refractivity contribution in [3.8, 4) is 0 Å². The van der Waals surface area contributed by atoms with Crippen LogP contribution in [0.2, 0.25) is 0 Å². The molecule has 1 aliphatic rings. The van der Waals surface area contributed by atoms with Crippen molar-refractivity contribution in [2.24, 2.45) is 0 Å². The van der Waals surface area contributed by atoms with Gasteiger partial charge in [0.25, 0.3) is 0 Å². The first-order valence-electron chi connectivity index (χ1n) is 7.48. The molecule has 0 fully saturated rings. The number of aryl methyl sites for hydroxylation is 2. The summed E-state index contributed by atoms with van der Waals surface area (Å²) in [5.74, 6) is 0. The molecule has 0 bridgehead atoms. The number of thiophene rings is 1. The number of nitrogens with one attached hydrogen (secondary N) is 1. The second-order valence-electron chi connectivity index (χ2n) is 5.62. The Morgan fingerprint density at radius 3 is 3.05 bits per heavy atom. The Hall–Kier alpha value is -1.71. The van der Waals surface area contributed by atoms with Gasteiger partial charge in [-0.05, 0) is 55.0 Å². The minimum Gasteiger partial charge on any atom is -0.309 e. The maximum absolute atomic E-state index is 4.31. The zero-order valence-corrected chi connectivity index (χ0v) is 12.9. The molecule has 3 heteroatoms. The number of fused-ring (bicyclic) bond motifs is 2. The molecule has 0 saturated heterocycles. The Labute approximate surface area is 128 Å². The van der Waals surface area contributed by atoms with E-state index in [1.807, 2.05) is 30.8 Å². The molecule has 3 aromatic rings. The van der Waals surface area contributed by atoms with Gasteiger partial charge in [0.15, 0.2) is 0 Å². The van der Waals surface area contributed by atoms with Crippen LogP contribution in [0.1, 0.15) is 33.3 Å². The molecule has 1 N–H and O–H groups in total. The van der Waals surface area contributed by atoms with Crippen LogP contribution >= 0.6 is 11.3 Å². The predicted molar refractivity (Wildman–Crippen MR) is 89.0 cm³/mol. The maximum atomic E-state index is 4.31. The lowest BCUT2D eigenvalue weighted by atomic mass is 9.99. The van der Waals surface area contributed by atoms with Gasteiger partial charge in [0, 0.05) is 27.5 Å². The Kier molecular flexibility index (Phi) is 3.24. The third kappa shape index (κ3) is 2.17. The molecule has 2 aromatic heterocycles. The van der Waals surface area contributed by atoms with Gasteiger partial charge in [-0.25, -0.2) is 0 Å². The zero-order valence-electron chi connectivity index (χ0n) is 12.1. The molecule has 2 nitrogen and oxygen atoms in total. The number of pyridine rings is 1. The van der Waals surface area contributed by atoms with Crippen LogP contribution in [0.25, 0.3) is 10.8 Å². The summed E-state index contributed by atoms with van der Waals surface area (Å²) in [5.41, 5.74) is 2.89. The van der Waals surface area contributed by atoms with Crippen molar-refractivity contribution < 1.29 is 0 Å². The minimum absolute atomic E-state index is 0.258. The van der Waals surface area contributed by atoms with Crippen molar-refractivity contribution in [2.45, 2.75) is 25.3 Å². The standard InChI is InChI=1S/C18H18N2S/c1-19-18(17-10-13-5-3-7-16(13)21-17)14-6-2-4-12-8-9-20-11-15(12)14/h2,4,6,8-11,18-19H,3,5,7H2,1H3. The number of hydrogen-bond donors (Lipinski definition) is 1. The molecule has 2 heterocycles. The molecule has 0 radical (unpaired) electrons. The highest BCUT2D eigenvalue weighted by Crippen LogP contribution is 2.37. The number of nitrogens with zero attached hydrogens (tertiary/aromatic N) is 1. The van der Waals surface area contributed by atoms with Crippen molar-refractivity contribution in [3.63, 3.8) is 0 Å². The lowest BCUT2D eigenvalue weighted by molar-refractivity contribution is 0.708. The Bertz CT molecular complexity index is 764. The summed E-state index contributed by atoms with van der Waals surface area (Å²) >= 11 is 1.98. The van der Waals surface area contributed by atoms with Crippen LogP contribution in [0.15, 0.2) is 42.7 Å². The second-order valence-corrected chi connectivity index (χ2v) is 6.78. The lowest BCUT2D eigenvalue weighted by Gasteiger charge is -2.17. The van der Waals surface area contributed by atoms with E-state index in [-0.39, 0.29) is 6.04 Å². The van der Waals surface area contributed by atoms with E-state index in [9.17, 15) is 0 Å². The molecule has 0 spiro atoms. The molecule has 1 unspecified atom stereocenters. The lowest BCUT2D eigenvalue weighted by Crippen LogP contribution is -2.16. The van der Waals surface area contributed by atoms with E-state index in [1.165, 1.54) is 40.5 Å². The summed E-state index contributed by atoms with van der Waals surface area (Å²) in [6.45, 7) is 0. The highest BCUT2D eigenvalue weighted by atomic mass is 32.1. The van der Waals surface area contributed by atoms with E-state index in [0.717, 1.165) is 0 Å². The number of hydrogen-bond acceptors (Lipinski definition) is 3. The number of aromatic nitrogens is 1. The van der Waals surface area contributed by atoms with E-state index in [1.54, 1.807) is 10.4 Å². The van der Waals surface area contributed by atoms with Gasteiger partial charge in [-0.2, -0.15) is 0 Å². The molecule has 106 valence electrons.